The quantitative estimate of drug-likeness (QED) is 0.742. The van der Waals surface area contributed by atoms with Crippen LogP contribution in [0.4, 0.5) is 5.82 Å². The van der Waals surface area contributed by atoms with Crippen molar-refractivity contribution in [3.63, 3.8) is 0 Å². The molecule has 1 aliphatic rings. The molecule has 1 atom stereocenters. The SMILES string of the molecule is Cc1nc(C)n(C[C@@H]2CCCCN2c2cnc3ccccc3n2)n1. The van der Waals surface area contributed by atoms with Gasteiger partial charge in [0, 0.05) is 6.54 Å². The summed E-state index contributed by atoms with van der Waals surface area (Å²) in [6, 6.07) is 8.41. The third-order valence-electron chi connectivity index (χ3n) is 4.70. The van der Waals surface area contributed by atoms with Gasteiger partial charge in [0.1, 0.15) is 17.5 Å². The van der Waals surface area contributed by atoms with Gasteiger partial charge in [0.25, 0.3) is 0 Å². The van der Waals surface area contributed by atoms with Crippen molar-refractivity contribution < 1.29 is 0 Å². The van der Waals surface area contributed by atoms with E-state index in [0.29, 0.717) is 6.04 Å². The molecule has 124 valence electrons. The van der Waals surface area contributed by atoms with Gasteiger partial charge in [0.15, 0.2) is 0 Å². The Morgan fingerprint density at radius 2 is 1.92 bits per heavy atom. The van der Waals surface area contributed by atoms with E-state index in [2.05, 4.69) is 20.0 Å². The van der Waals surface area contributed by atoms with E-state index in [-0.39, 0.29) is 0 Å². The minimum Gasteiger partial charge on any atom is -0.350 e. The first kappa shape index (κ1) is 15.1. The molecule has 0 unspecified atom stereocenters. The first-order valence-corrected chi connectivity index (χ1v) is 8.57. The molecule has 6 heteroatoms. The second kappa shape index (κ2) is 6.19. The van der Waals surface area contributed by atoms with Crippen LogP contribution in [0.15, 0.2) is 30.5 Å². The molecule has 0 bridgehead atoms. The summed E-state index contributed by atoms with van der Waals surface area (Å²) in [5, 5.41) is 4.53. The number of para-hydroxylation sites is 2. The predicted molar refractivity (Wildman–Crippen MR) is 94.0 cm³/mol. The van der Waals surface area contributed by atoms with Gasteiger partial charge >= 0.3 is 0 Å². The Balaban J connectivity index is 1.64. The summed E-state index contributed by atoms with van der Waals surface area (Å²) >= 11 is 0. The van der Waals surface area contributed by atoms with Gasteiger partial charge in [-0.1, -0.05) is 12.1 Å². The fraction of sp³-hybridized carbons (Fsp3) is 0.444. The second-order valence-electron chi connectivity index (χ2n) is 6.45. The van der Waals surface area contributed by atoms with Crippen molar-refractivity contribution in [2.24, 2.45) is 0 Å². The number of nitrogens with zero attached hydrogens (tertiary/aromatic N) is 6. The van der Waals surface area contributed by atoms with Crippen molar-refractivity contribution in [1.29, 1.82) is 0 Å². The summed E-state index contributed by atoms with van der Waals surface area (Å²) in [5.41, 5.74) is 1.89. The summed E-state index contributed by atoms with van der Waals surface area (Å²) in [6.07, 6.45) is 5.49. The highest BCUT2D eigenvalue weighted by molar-refractivity contribution is 5.75. The van der Waals surface area contributed by atoms with Crippen molar-refractivity contribution in [1.82, 2.24) is 24.7 Å². The summed E-state index contributed by atoms with van der Waals surface area (Å²) in [6.45, 7) is 5.82. The van der Waals surface area contributed by atoms with E-state index in [0.717, 1.165) is 48.0 Å². The average Bonchev–Trinajstić information content (AvgIpc) is 2.92. The molecule has 1 saturated heterocycles. The Morgan fingerprint density at radius 3 is 2.71 bits per heavy atom. The van der Waals surface area contributed by atoms with Crippen LogP contribution in [0, 0.1) is 13.8 Å². The molecule has 3 aromatic rings. The Morgan fingerprint density at radius 1 is 1.08 bits per heavy atom. The number of hydrogen-bond acceptors (Lipinski definition) is 5. The number of hydrogen-bond donors (Lipinski definition) is 0. The lowest BCUT2D eigenvalue weighted by atomic mass is 10.0. The Bertz CT molecular complexity index is 856. The van der Waals surface area contributed by atoms with Gasteiger partial charge in [-0.2, -0.15) is 5.10 Å². The molecule has 6 nitrogen and oxygen atoms in total. The predicted octanol–water partition coefficient (Wildman–Crippen LogP) is 2.90. The fourth-order valence-corrected chi connectivity index (χ4v) is 3.51. The minimum absolute atomic E-state index is 0.383. The van der Waals surface area contributed by atoms with E-state index in [1.54, 1.807) is 0 Å². The largest absolute Gasteiger partial charge is 0.350 e. The molecule has 0 aliphatic carbocycles. The molecule has 2 aromatic heterocycles. The van der Waals surface area contributed by atoms with Gasteiger partial charge in [-0.25, -0.2) is 14.6 Å². The molecule has 3 heterocycles. The zero-order valence-corrected chi connectivity index (χ0v) is 14.2. The minimum atomic E-state index is 0.383. The molecule has 24 heavy (non-hydrogen) atoms. The average molecular weight is 322 g/mol. The molecular weight excluding hydrogens is 300 g/mol. The Kier molecular flexibility index (Phi) is 3.88. The molecular formula is C18H22N6. The van der Waals surface area contributed by atoms with E-state index in [1.807, 2.05) is 49.0 Å². The monoisotopic (exact) mass is 322 g/mol. The number of rotatable bonds is 3. The maximum Gasteiger partial charge on any atom is 0.148 e. The van der Waals surface area contributed by atoms with Crippen molar-refractivity contribution >= 4 is 16.9 Å². The maximum absolute atomic E-state index is 4.84. The summed E-state index contributed by atoms with van der Waals surface area (Å²) in [7, 11) is 0. The highest BCUT2D eigenvalue weighted by Gasteiger charge is 2.25. The Labute approximate surface area is 141 Å². The van der Waals surface area contributed by atoms with Crippen molar-refractivity contribution in [2.45, 2.75) is 45.7 Å². The summed E-state index contributed by atoms with van der Waals surface area (Å²) in [5.74, 6) is 2.77. The highest BCUT2D eigenvalue weighted by Crippen LogP contribution is 2.25. The van der Waals surface area contributed by atoms with E-state index >= 15 is 0 Å². The van der Waals surface area contributed by atoms with Crippen LogP contribution in [0.2, 0.25) is 0 Å². The molecule has 0 spiro atoms. The van der Waals surface area contributed by atoms with Gasteiger partial charge in [0.2, 0.25) is 0 Å². The van der Waals surface area contributed by atoms with E-state index in [1.165, 1.54) is 12.8 Å². The van der Waals surface area contributed by atoms with Crippen LogP contribution in [0.3, 0.4) is 0 Å². The normalized spacial score (nSPS) is 18.2. The zero-order chi connectivity index (χ0) is 16.5. The van der Waals surface area contributed by atoms with Crippen LogP contribution in [0.5, 0.6) is 0 Å². The fourth-order valence-electron chi connectivity index (χ4n) is 3.51. The molecule has 4 rings (SSSR count). The summed E-state index contributed by atoms with van der Waals surface area (Å²) < 4.78 is 2.02. The van der Waals surface area contributed by atoms with E-state index in [4.69, 9.17) is 4.98 Å². The van der Waals surface area contributed by atoms with Gasteiger partial charge in [-0.15, -0.1) is 0 Å². The second-order valence-corrected chi connectivity index (χ2v) is 6.45. The van der Waals surface area contributed by atoms with Crippen LogP contribution < -0.4 is 4.90 Å². The smallest absolute Gasteiger partial charge is 0.148 e. The van der Waals surface area contributed by atoms with Gasteiger partial charge in [-0.3, -0.25) is 4.98 Å². The van der Waals surface area contributed by atoms with E-state index in [9.17, 15) is 0 Å². The third kappa shape index (κ3) is 2.84. The van der Waals surface area contributed by atoms with E-state index < -0.39 is 0 Å². The van der Waals surface area contributed by atoms with Gasteiger partial charge in [0.05, 0.1) is 29.8 Å². The standard InChI is InChI=1S/C18H22N6/c1-13-20-14(2)24(22-13)12-15-7-5-6-10-23(15)18-11-19-16-8-3-4-9-17(16)21-18/h3-4,8-9,11,15H,5-7,10,12H2,1-2H3/t15-/m0/s1. The lowest BCUT2D eigenvalue weighted by Gasteiger charge is -2.36. The molecule has 1 aromatic carbocycles. The van der Waals surface area contributed by atoms with Crippen LogP contribution in [0.1, 0.15) is 30.9 Å². The van der Waals surface area contributed by atoms with Crippen molar-refractivity contribution in [3.05, 3.63) is 42.1 Å². The lowest BCUT2D eigenvalue weighted by molar-refractivity contribution is 0.392. The van der Waals surface area contributed by atoms with Crippen LogP contribution in [-0.4, -0.2) is 37.3 Å². The van der Waals surface area contributed by atoms with Crippen LogP contribution in [0.25, 0.3) is 11.0 Å². The van der Waals surface area contributed by atoms with Crippen LogP contribution >= 0.6 is 0 Å². The topological polar surface area (TPSA) is 59.7 Å². The summed E-state index contributed by atoms with van der Waals surface area (Å²) in [4.78, 5) is 16.2. The van der Waals surface area contributed by atoms with Crippen LogP contribution in [-0.2, 0) is 6.54 Å². The number of piperidine rings is 1. The first-order valence-electron chi connectivity index (χ1n) is 8.57. The molecule has 0 saturated carbocycles. The molecule has 0 amide bonds. The van der Waals surface area contributed by atoms with Crippen molar-refractivity contribution in [3.8, 4) is 0 Å². The number of aryl methyl sites for hydroxylation is 2. The first-order chi connectivity index (χ1) is 11.7. The molecule has 0 N–H and O–H groups in total. The van der Waals surface area contributed by atoms with Crippen molar-refractivity contribution in [2.75, 3.05) is 11.4 Å². The number of anilines is 1. The number of benzene rings is 1. The Hall–Kier alpha value is -2.50. The molecule has 0 radical (unpaired) electrons. The highest BCUT2D eigenvalue weighted by atomic mass is 15.4. The maximum atomic E-state index is 4.84. The van der Waals surface area contributed by atoms with Gasteiger partial charge in [-0.05, 0) is 45.2 Å². The molecule has 1 aliphatic heterocycles. The number of fused-ring (bicyclic) bond motifs is 1. The van der Waals surface area contributed by atoms with Gasteiger partial charge < -0.3 is 4.90 Å². The third-order valence-corrected chi connectivity index (χ3v) is 4.70. The number of aromatic nitrogens is 5. The zero-order valence-electron chi connectivity index (χ0n) is 14.2. The molecule has 1 fully saturated rings. The lowest BCUT2D eigenvalue weighted by Crippen LogP contribution is -2.43.